The molecule has 0 spiro atoms. The van der Waals surface area contributed by atoms with E-state index in [4.69, 9.17) is 25.8 Å². The number of non-ortho nitro benzene ring substituents is 1. The lowest BCUT2D eigenvalue weighted by atomic mass is 10.1. The van der Waals surface area contributed by atoms with Gasteiger partial charge in [0.1, 0.15) is 18.1 Å². The molecule has 0 atom stereocenters. The van der Waals surface area contributed by atoms with Crippen LogP contribution in [0.1, 0.15) is 24.5 Å². The SMILES string of the molecule is CCOc1ccc(CN(CCCCl)C(=O)OCc2ccc([N+](=O)[O-])cc2)c(OC)c1. The second-order valence-corrected chi connectivity index (χ2v) is 6.73. The van der Waals surface area contributed by atoms with Crippen LogP contribution in [0.5, 0.6) is 11.5 Å². The van der Waals surface area contributed by atoms with Crippen LogP contribution in [0.3, 0.4) is 0 Å². The maximum absolute atomic E-state index is 12.7. The fourth-order valence-corrected chi connectivity index (χ4v) is 2.87. The van der Waals surface area contributed by atoms with Crippen molar-refractivity contribution in [2.24, 2.45) is 0 Å². The van der Waals surface area contributed by atoms with E-state index in [1.165, 1.54) is 12.1 Å². The standard InChI is InChI=1S/C21H25ClN2O6/c1-3-29-19-10-7-17(20(13-19)28-2)14-23(12-4-11-22)21(25)30-15-16-5-8-18(9-6-16)24(26)27/h5-10,13H,3-4,11-12,14-15H2,1-2H3. The number of hydrogen-bond donors (Lipinski definition) is 0. The van der Waals surface area contributed by atoms with Gasteiger partial charge >= 0.3 is 6.09 Å². The Bertz CT molecular complexity index is 844. The highest BCUT2D eigenvalue weighted by atomic mass is 35.5. The smallest absolute Gasteiger partial charge is 0.410 e. The molecule has 2 aromatic carbocycles. The Morgan fingerprint density at radius 1 is 1.20 bits per heavy atom. The third-order valence-electron chi connectivity index (χ3n) is 4.26. The van der Waals surface area contributed by atoms with E-state index in [0.29, 0.717) is 42.5 Å². The van der Waals surface area contributed by atoms with Gasteiger partial charge in [0.05, 0.1) is 25.2 Å². The van der Waals surface area contributed by atoms with E-state index in [1.807, 2.05) is 19.1 Å². The Labute approximate surface area is 180 Å². The maximum Gasteiger partial charge on any atom is 0.410 e. The summed E-state index contributed by atoms with van der Waals surface area (Å²) in [6, 6.07) is 11.3. The van der Waals surface area contributed by atoms with E-state index >= 15 is 0 Å². The van der Waals surface area contributed by atoms with Gasteiger partial charge < -0.3 is 19.1 Å². The summed E-state index contributed by atoms with van der Waals surface area (Å²) in [5.74, 6) is 1.71. The maximum atomic E-state index is 12.7. The second-order valence-electron chi connectivity index (χ2n) is 6.35. The topological polar surface area (TPSA) is 91.1 Å². The highest BCUT2D eigenvalue weighted by Crippen LogP contribution is 2.26. The van der Waals surface area contributed by atoms with Gasteiger partial charge in [0.2, 0.25) is 0 Å². The number of halogens is 1. The van der Waals surface area contributed by atoms with Gasteiger partial charge in [-0.25, -0.2) is 4.79 Å². The van der Waals surface area contributed by atoms with E-state index in [-0.39, 0.29) is 18.8 Å². The largest absolute Gasteiger partial charge is 0.496 e. The Morgan fingerprint density at radius 3 is 2.53 bits per heavy atom. The van der Waals surface area contributed by atoms with Crippen LogP contribution in [0.2, 0.25) is 0 Å². The van der Waals surface area contributed by atoms with Crippen LogP contribution < -0.4 is 9.47 Å². The Morgan fingerprint density at radius 2 is 1.93 bits per heavy atom. The second kappa shape index (κ2) is 11.9. The molecule has 0 aliphatic rings. The summed E-state index contributed by atoms with van der Waals surface area (Å²) < 4.78 is 16.3. The monoisotopic (exact) mass is 436 g/mol. The van der Waals surface area contributed by atoms with Gasteiger partial charge in [0.15, 0.2) is 0 Å². The van der Waals surface area contributed by atoms with Gasteiger partial charge in [-0.05, 0) is 43.2 Å². The van der Waals surface area contributed by atoms with Crippen molar-refractivity contribution in [2.75, 3.05) is 26.1 Å². The minimum atomic E-state index is -0.505. The van der Waals surface area contributed by atoms with Crippen LogP contribution in [0.15, 0.2) is 42.5 Å². The number of nitrogens with zero attached hydrogens (tertiary/aromatic N) is 2. The zero-order valence-electron chi connectivity index (χ0n) is 17.0. The van der Waals surface area contributed by atoms with Crippen molar-refractivity contribution in [1.82, 2.24) is 4.90 Å². The van der Waals surface area contributed by atoms with Crippen molar-refractivity contribution in [1.29, 1.82) is 0 Å². The van der Waals surface area contributed by atoms with Crippen molar-refractivity contribution in [2.45, 2.75) is 26.5 Å². The predicted octanol–water partition coefficient (Wildman–Crippen LogP) is 4.77. The summed E-state index contributed by atoms with van der Waals surface area (Å²) in [6.07, 6.45) is 0.0995. The molecular formula is C21H25ClN2O6. The zero-order chi connectivity index (χ0) is 21.9. The molecule has 9 heteroatoms. The van der Waals surface area contributed by atoms with Gasteiger partial charge in [0, 0.05) is 36.2 Å². The van der Waals surface area contributed by atoms with Crippen LogP contribution in [0.4, 0.5) is 10.5 Å². The number of carbonyl (C=O) groups excluding carboxylic acids is 1. The molecule has 0 bridgehead atoms. The molecule has 1 amide bonds. The average molecular weight is 437 g/mol. The first kappa shape index (κ1) is 23.3. The summed E-state index contributed by atoms with van der Waals surface area (Å²) >= 11 is 5.81. The number of carbonyl (C=O) groups is 1. The number of benzene rings is 2. The molecule has 0 aliphatic heterocycles. The van der Waals surface area contributed by atoms with Crippen molar-refractivity contribution in [3.63, 3.8) is 0 Å². The van der Waals surface area contributed by atoms with Crippen LogP contribution >= 0.6 is 11.6 Å². The Kier molecular flexibility index (Phi) is 9.21. The number of nitro groups is 1. The number of ether oxygens (including phenoxy) is 3. The summed E-state index contributed by atoms with van der Waals surface area (Å²) in [6.45, 7) is 3.15. The zero-order valence-corrected chi connectivity index (χ0v) is 17.8. The lowest BCUT2D eigenvalue weighted by Gasteiger charge is -2.23. The fourth-order valence-electron chi connectivity index (χ4n) is 2.75. The van der Waals surface area contributed by atoms with Crippen LogP contribution in [-0.4, -0.2) is 42.1 Å². The first-order chi connectivity index (χ1) is 14.5. The van der Waals surface area contributed by atoms with Crippen molar-refractivity contribution in [3.05, 3.63) is 63.7 Å². The molecule has 30 heavy (non-hydrogen) atoms. The highest BCUT2D eigenvalue weighted by Gasteiger charge is 2.18. The lowest BCUT2D eigenvalue weighted by molar-refractivity contribution is -0.384. The lowest BCUT2D eigenvalue weighted by Crippen LogP contribution is -2.32. The third-order valence-corrected chi connectivity index (χ3v) is 4.53. The Hall–Kier alpha value is -3.00. The molecule has 0 heterocycles. The van der Waals surface area contributed by atoms with Crippen LogP contribution in [-0.2, 0) is 17.9 Å². The predicted molar refractivity (Wildman–Crippen MR) is 113 cm³/mol. The minimum Gasteiger partial charge on any atom is -0.496 e. The summed E-state index contributed by atoms with van der Waals surface area (Å²) in [7, 11) is 1.56. The molecule has 0 fully saturated rings. The van der Waals surface area contributed by atoms with E-state index in [0.717, 1.165) is 5.56 Å². The summed E-state index contributed by atoms with van der Waals surface area (Å²) in [4.78, 5) is 24.5. The molecule has 0 saturated heterocycles. The number of methoxy groups -OCH3 is 1. The minimum absolute atomic E-state index is 0.00855. The molecule has 0 unspecified atom stereocenters. The van der Waals surface area contributed by atoms with Gasteiger partial charge in [-0.3, -0.25) is 10.1 Å². The number of alkyl halides is 1. The highest BCUT2D eigenvalue weighted by molar-refractivity contribution is 6.17. The van der Waals surface area contributed by atoms with E-state index in [9.17, 15) is 14.9 Å². The van der Waals surface area contributed by atoms with Gasteiger partial charge in [-0.1, -0.05) is 0 Å². The molecule has 2 aromatic rings. The van der Waals surface area contributed by atoms with Gasteiger partial charge in [-0.15, -0.1) is 11.6 Å². The third kappa shape index (κ3) is 6.81. The first-order valence-corrected chi connectivity index (χ1v) is 10.0. The molecule has 8 nitrogen and oxygen atoms in total. The number of amides is 1. The normalized spacial score (nSPS) is 10.4. The van der Waals surface area contributed by atoms with Crippen LogP contribution in [0, 0.1) is 10.1 Å². The summed E-state index contributed by atoms with van der Waals surface area (Å²) in [5, 5.41) is 10.7. The quantitative estimate of drug-likeness (QED) is 0.286. The Balaban J connectivity index is 2.06. The first-order valence-electron chi connectivity index (χ1n) is 9.49. The van der Waals surface area contributed by atoms with Gasteiger partial charge in [0.25, 0.3) is 5.69 Å². The van der Waals surface area contributed by atoms with E-state index in [2.05, 4.69) is 0 Å². The number of hydrogen-bond acceptors (Lipinski definition) is 6. The van der Waals surface area contributed by atoms with E-state index in [1.54, 1.807) is 30.2 Å². The molecular weight excluding hydrogens is 412 g/mol. The molecule has 2 rings (SSSR count). The number of rotatable bonds is 11. The van der Waals surface area contributed by atoms with Crippen molar-refractivity contribution in [3.8, 4) is 11.5 Å². The molecule has 162 valence electrons. The molecule has 0 aliphatic carbocycles. The van der Waals surface area contributed by atoms with Gasteiger partial charge in [-0.2, -0.15) is 0 Å². The molecule has 0 N–H and O–H groups in total. The molecule has 0 aromatic heterocycles. The fraction of sp³-hybridized carbons (Fsp3) is 0.381. The summed E-state index contributed by atoms with van der Waals surface area (Å²) in [5.41, 5.74) is 1.45. The average Bonchev–Trinajstić information content (AvgIpc) is 2.76. The van der Waals surface area contributed by atoms with Crippen LogP contribution in [0.25, 0.3) is 0 Å². The van der Waals surface area contributed by atoms with E-state index < -0.39 is 11.0 Å². The van der Waals surface area contributed by atoms with Crippen molar-refractivity contribution < 1.29 is 23.9 Å². The molecule has 0 radical (unpaired) electrons. The number of nitro benzene ring substituents is 1. The molecule has 0 saturated carbocycles. The van der Waals surface area contributed by atoms with Crippen molar-refractivity contribution >= 4 is 23.4 Å².